The van der Waals surface area contributed by atoms with E-state index in [1.54, 1.807) is 6.07 Å². The number of nitrogens with one attached hydrogen (secondary N) is 1. The Kier molecular flexibility index (Phi) is 3.84. The Balaban J connectivity index is 1.86. The second-order valence-electron chi connectivity index (χ2n) is 6.14. The minimum absolute atomic E-state index is 0.225. The number of rotatable bonds is 3. The molecular weight excluding hydrogens is 316 g/mol. The molecule has 0 aliphatic carbocycles. The molecule has 25 heavy (non-hydrogen) atoms. The third-order valence-electron chi connectivity index (χ3n) is 4.50. The normalized spacial score (nSPS) is 13.0. The molecule has 0 saturated heterocycles. The quantitative estimate of drug-likeness (QED) is 0.756. The lowest BCUT2D eigenvalue weighted by Crippen LogP contribution is -2.15. The van der Waals surface area contributed by atoms with E-state index in [-0.39, 0.29) is 5.75 Å². The first-order valence-corrected chi connectivity index (χ1v) is 8.44. The smallest absolute Gasteiger partial charge is 0.161 e. The standard InChI is InChI=1S/C20H20N2O3/c1-3-13-4-6-16(23)15(10-13)20-19(12(2)21-22-20)14-5-7-17-18(11-14)25-9-8-24-17/h4-7,10-11,23H,3,8-9H2,1-2H3,(H,21,22). The van der Waals surface area contributed by atoms with E-state index in [0.29, 0.717) is 13.2 Å². The van der Waals surface area contributed by atoms with Crippen LogP contribution in [0.5, 0.6) is 17.2 Å². The molecule has 0 unspecified atom stereocenters. The number of aromatic amines is 1. The number of hydrogen-bond donors (Lipinski definition) is 2. The van der Waals surface area contributed by atoms with Gasteiger partial charge in [-0.15, -0.1) is 0 Å². The van der Waals surface area contributed by atoms with Crippen molar-refractivity contribution in [1.82, 2.24) is 10.2 Å². The van der Waals surface area contributed by atoms with Crippen LogP contribution >= 0.6 is 0 Å². The van der Waals surface area contributed by atoms with E-state index in [1.165, 1.54) is 0 Å². The second kappa shape index (κ2) is 6.16. The fraction of sp³-hybridized carbons (Fsp3) is 0.250. The first-order chi connectivity index (χ1) is 12.2. The van der Waals surface area contributed by atoms with Crippen molar-refractivity contribution in [3.63, 3.8) is 0 Å². The van der Waals surface area contributed by atoms with Crippen molar-refractivity contribution < 1.29 is 14.6 Å². The number of benzene rings is 2. The summed E-state index contributed by atoms with van der Waals surface area (Å²) >= 11 is 0. The zero-order chi connectivity index (χ0) is 17.4. The third kappa shape index (κ3) is 2.71. The van der Waals surface area contributed by atoms with Gasteiger partial charge in [-0.25, -0.2) is 0 Å². The molecule has 2 heterocycles. The Morgan fingerprint density at radius 3 is 2.68 bits per heavy atom. The van der Waals surface area contributed by atoms with Gasteiger partial charge < -0.3 is 14.6 Å². The minimum Gasteiger partial charge on any atom is -0.507 e. The largest absolute Gasteiger partial charge is 0.507 e. The summed E-state index contributed by atoms with van der Waals surface area (Å²) in [5, 5.41) is 17.9. The highest BCUT2D eigenvalue weighted by Gasteiger charge is 2.20. The molecule has 5 nitrogen and oxygen atoms in total. The Labute approximate surface area is 146 Å². The van der Waals surface area contributed by atoms with Crippen molar-refractivity contribution in [3.05, 3.63) is 47.7 Å². The molecule has 128 valence electrons. The van der Waals surface area contributed by atoms with Crippen LogP contribution in [0.15, 0.2) is 36.4 Å². The van der Waals surface area contributed by atoms with Gasteiger partial charge in [0.2, 0.25) is 0 Å². The molecule has 2 aromatic carbocycles. The SMILES string of the molecule is CCc1ccc(O)c(-c2n[nH]c(C)c2-c2ccc3c(c2)OCCO3)c1. The molecule has 4 rings (SSSR count). The lowest BCUT2D eigenvalue weighted by atomic mass is 9.97. The first-order valence-electron chi connectivity index (χ1n) is 8.44. The second-order valence-corrected chi connectivity index (χ2v) is 6.14. The van der Waals surface area contributed by atoms with Crippen molar-refractivity contribution in [1.29, 1.82) is 0 Å². The summed E-state index contributed by atoms with van der Waals surface area (Å²) in [5.74, 6) is 1.72. The number of phenols is 1. The van der Waals surface area contributed by atoms with Gasteiger partial charge in [0.05, 0.1) is 0 Å². The predicted molar refractivity (Wildman–Crippen MR) is 96.2 cm³/mol. The van der Waals surface area contributed by atoms with Gasteiger partial charge in [-0.1, -0.05) is 19.1 Å². The topological polar surface area (TPSA) is 67.4 Å². The molecule has 5 heteroatoms. The summed E-state index contributed by atoms with van der Waals surface area (Å²) in [4.78, 5) is 0. The molecule has 2 N–H and O–H groups in total. The highest BCUT2D eigenvalue weighted by atomic mass is 16.6. The Morgan fingerprint density at radius 1 is 1.08 bits per heavy atom. The molecule has 1 aliphatic rings. The number of aromatic hydroxyl groups is 1. The Morgan fingerprint density at radius 2 is 1.88 bits per heavy atom. The number of hydrogen-bond acceptors (Lipinski definition) is 4. The zero-order valence-electron chi connectivity index (χ0n) is 14.3. The van der Waals surface area contributed by atoms with Crippen LogP contribution in [-0.4, -0.2) is 28.5 Å². The fourth-order valence-corrected chi connectivity index (χ4v) is 3.17. The van der Waals surface area contributed by atoms with Crippen LogP contribution in [0.2, 0.25) is 0 Å². The molecule has 0 fully saturated rings. The number of ether oxygens (including phenoxy) is 2. The van der Waals surface area contributed by atoms with Crippen LogP contribution in [0.25, 0.3) is 22.4 Å². The highest BCUT2D eigenvalue weighted by Crippen LogP contribution is 2.41. The molecule has 3 aromatic rings. The molecule has 0 saturated carbocycles. The van der Waals surface area contributed by atoms with Gasteiger partial charge in [0, 0.05) is 16.8 Å². The van der Waals surface area contributed by atoms with Crippen LogP contribution in [0.3, 0.4) is 0 Å². The monoisotopic (exact) mass is 336 g/mol. The van der Waals surface area contributed by atoms with Gasteiger partial charge in [-0.2, -0.15) is 5.10 Å². The average molecular weight is 336 g/mol. The van der Waals surface area contributed by atoms with Crippen molar-refractivity contribution in [2.45, 2.75) is 20.3 Å². The van der Waals surface area contributed by atoms with Gasteiger partial charge in [0.1, 0.15) is 24.7 Å². The van der Waals surface area contributed by atoms with Crippen LogP contribution in [-0.2, 0) is 6.42 Å². The lowest BCUT2D eigenvalue weighted by Gasteiger charge is -2.19. The average Bonchev–Trinajstić information content (AvgIpc) is 3.03. The van der Waals surface area contributed by atoms with Crippen LogP contribution in [0, 0.1) is 6.92 Å². The number of fused-ring (bicyclic) bond motifs is 1. The Bertz CT molecular complexity index is 931. The van der Waals surface area contributed by atoms with Crippen LogP contribution in [0.1, 0.15) is 18.2 Å². The summed E-state index contributed by atoms with van der Waals surface area (Å²) in [5.41, 5.74) is 5.50. The molecule has 0 atom stereocenters. The van der Waals surface area contributed by atoms with E-state index < -0.39 is 0 Å². The van der Waals surface area contributed by atoms with Crippen molar-refractivity contribution >= 4 is 0 Å². The summed E-state index contributed by atoms with van der Waals surface area (Å²) in [7, 11) is 0. The van der Waals surface area contributed by atoms with Crippen molar-refractivity contribution in [3.8, 4) is 39.6 Å². The van der Waals surface area contributed by atoms with Crippen LogP contribution < -0.4 is 9.47 Å². The number of aryl methyl sites for hydroxylation is 2. The van der Waals surface area contributed by atoms with E-state index in [4.69, 9.17) is 9.47 Å². The number of H-pyrrole nitrogens is 1. The van der Waals surface area contributed by atoms with E-state index in [0.717, 1.165) is 51.6 Å². The summed E-state index contributed by atoms with van der Waals surface area (Å²) in [6.07, 6.45) is 0.899. The first kappa shape index (κ1) is 15.6. The molecule has 0 radical (unpaired) electrons. The predicted octanol–water partition coefficient (Wildman–Crippen LogP) is 4.09. The number of aromatic nitrogens is 2. The summed E-state index contributed by atoms with van der Waals surface area (Å²) in [6.45, 7) is 5.18. The van der Waals surface area contributed by atoms with Crippen LogP contribution in [0.4, 0.5) is 0 Å². The molecular formula is C20H20N2O3. The Hall–Kier alpha value is -2.95. The van der Waals surface area contributed by atoms with E-state index in [2.05, 4.69) is 17.1 Å². The third-order valence-corrected chi connectivity index (χ3v) is 4.50. The maximum atomic E-state index is 10.4. The van der Waals surface area contributed by atoms with Gasteiger partial charge in [-0.05, 0) is 48.7 Å². The molecule has 0 bridgehead atoms. The number of nitrogens with zero attached hydrogens (tertiary/aromatic N) is 1. The van der Waals surface area contributed by atoms with Crippen molar-refractivity contribution in [2.24, 2.45) is 0 Å². The van der Waals surface area contributed by atoms with Gasteiger partial charge in [-0.3, -0.25) is 5.10 Å². The lowest BCUT2D eigenvalue weighted by molar-refractivity contribution is 0.171. The molecule has 1 aliphatic heterocycles. The molecule has 0 amide bonds. The maximum Gasteiger partial charge on any atom is 0.161 e. The van der Waals surface area contributed by atoms with Gasteiger partial charge in [0.25, 0.3) is 0 Å². The minimum atomic E-state index is 0.225. The summed E-state index contributed by atoms with van der Waals surface area (Å²) in [6, 6.07) is 11.5. The highest BCUT2D eigenvalue weighted by molar-refractivity contribution is 5.85. The number of phenolic OH excluding ortho intramolecular Hbond substituents is 1. The van der Waals surface area contributed by atoms with Gasteiger partial charge in [0.15, 0.2) is 11.5 Å². The van der Waals surface area contributed by atoms with Crippen molar-refractivity contribution in [2.75, 3.05) is 13.2 Å². The van der Waals surface area contributed by atoms with E-state index in [1.807, 2.05) is 37.3 Å². The van der Waals surface area contributed by atoms with E-state index in [9.17, 15) is 5.11 Å². The molecule has 1 aromatic heterocycles. The van der Waals surface area contributed by atoms with E-state index >= 15 is 0 Å². The zero-order valence-corrected chi connectivity index (χ0v) is 14.3. The fourth-order valence-electron chi connectivity index (χ4n) is 3.17. The molecule has 0 spiro atoms. The maximum absolute atomic E-state index is 10.4. The van der Waals surface area contributed by atoms with Gasteiger partial charge >= 0.3 is 0 Å². The summed E-state index contributed by atoms with van der Waals surface area (Å²) < 4.78 is 11.3.